The van der Waals surface area contributed by atoms with Gasteiger partial charge in [0.1, 0.15) is 5.82 Å². The number of aryl methyl sites for hydroxylation is 2. The van der Waals surface area contributed by atoms with Crippen molar-refractivity contribution >= 4 is 22.4 Å². The van der Waals surface area contributed by atoms with Crippen LogP contribution in [-0.4, -0.2) is 14.5 Å². The predicted octanol–water partition coefficient (Wildman–Crippen LogP) is 4.24. The van der Waals surface area contributed by atoms with Crippen LogP contribution in [0.1, 0.15) is 34.7 Å². The Kier molecular flexibility index (Phi) is 4.01. The van der Waals surface area contributed by atoms with Crippen LogP contribution < -0.4 is 11.1 Å². The molecule has 1 atom stereocenters. The second kappa shape index (κ2) is 6.68. The van der Waals surface area contributed by atoms with Gasteiger partial charge in [0.05, 0.1) is 24.1 Å². The smallest absolute Gasteiger partial charge is 0.127 e. The summed E-state index contributed by atoms with van der Waals surface area (Å²) in [6.45, 7) is 0.692. The van der Waals surface area contributed by atoms with Crippen molar-refractivity contribution < 1.29 is 0 Å². The Bertz CT molecular complexity index is 1160. The van der Waals surface area contributed by atoms with Crippen molar-refractivity contribution in [1.82, 2.24) is 14.5 Å². The minimum absolute atomic E-state index is 0.332. The largest absolute Gasteiger partial charge is 0.383 e. The number of benzene rings is 2. The van der Waals surface area contributed by atoms with Gasteiger partial charge in [-0.1, -0.05) is 24.3 Å². The average Bonchev–Trinajstić information content (AvgIpc) is 3.32. The van der Waals surface area contributed by atoms with Crippen LogP contribution in [0.3, 0.4) is 0 Å². The number of fused-ring (bicyclic) bond motifs is 2. The maximum Gasteiger partial charge on any atom is 0.127 e. The quantitative estimate of drug-likeness (QED) is 0.564. The van der Waals surface area contributed by atoms with Gasteiger partial charge >= 0.3 is 0 Å². The van der Waals surface area contributed by atoms with E-state index in [9.17, 15) is 0 Å². The number of hydrogen-bond donors (Lipinski definition) is 2. The summed E-state index contributed by atoms with van der Waals surface area (Å²) in [5.41, 5.74) is 13.3. The number of pyridine rings is 1. The Balaban J connectivity index is 1.47. The maximum absolute atomic E-state index is 6.36. The fourth-order valence-electron chi connectivity index (χ4n) is 4.23. The van der Waals surface area contributed by atoms with Gasteiger partial charge in [-0.05, 0) is 48.2 Å². The van der Waals surface area contributed by atoms with Crippen LogP contribution >= 0.6 is 0 Å². The summed E-state index contributed by atoms with van der Waals surface area (Å²) in [5.74, 6) is 0.974. The number of rotatable bonds is 4. The number of anilines is 2. The number of imidazole rings is 1. The standard InChI is InChI=1S/C23H23N5/c1-28-13-18(26-14-28)12-25-17-7-9-22-16(10-17)11-21(23(24)27-22)20-8-6-15-4-2-3-5-19(15)20/h2-5,7,9-11,13-14,20,25H,6,8,12H2,1H3,(H2,24,27)/t20-/m1/s1. The van der Waals surface area contributed by atoms with Gasteiger partial charge in [-0.3, -0.25) is 0 Å². The SMILES string of the molecule is Cn1cnc(CNc2ccc3nc(N)c([C@@H]4CCc5ccccc54)cc3c2)c1. The molecule has 5 nitrogen and oxygen atoms in total. The molecule has 2 aromatic carbocycles. The lowest BCUT2D eigenvalue weighted by atomic mass is 9.92. The van der Waals surface area contributed by atoms with Gasteiger partial charge in [0.25, 0.3) is 0 Å². The van der Waals surface area contributed by atoms with Crippen molar-refractivity contribution in [3.63, 3.8) is 0 Å². The normalized spacial score (nSPS) is 15.7. The van der Waals surface area contributed by atoms with E-state index in [-0.39, 0.29) is 0 Å². The van der Waals surface area contributed by atoms with Gasteiger partial charge in [0, 0.05) is 35.8 Å². The third-order valence-electron chi connectivity index (χ3n) is 5.62. The number of nitrogens with two attached hydrogens (primary N) is 1. The molecule has 0 unspecified atom stereocenters. The number of nitrogens with zero attached hydrogens (tertiary/aromatic N) is 3. The Hall–Kier alpha value is -3.34. The van der Waals surface area contributed by atoms with Crippen molar-refractivity contribution in [1.29, 1.82) is 0 Å². The van der Waals surface area contributed by atoms with Gasteiger partial charge in [-0.2, -0.15) is 0 Å². The first-order valence-electron chi connectivity index (χ1n) is 9.66. The molecule has 28 heavy (non-hydrogen) atoms. The van der Waals surface area contributed by atoms with E-state index < -0.39 is 0 Å². The fourth-order valence-corrected chi connectivity index (χ4v) is 4.23. The molecule has 5 rings (SSSR count). The van der Waals surface area contributed by atoms with Crippen molar-refractivity contribution in [2.75, 3.05) is 11.1 Å². The second-order valence-electron chi connectivity index (χ2n) is 7.54. The highest BCUT2D eigenvalue weighted by molar-refractivity contribution is 5.85. The lowest BCUT2D eigenvalue weighted by molar-refractivity contribution is 0.788. The Labute approximate surface area is 164 Å². The summed E-state index contributed by atoms with van der Waals surface area (Å²) < 4.78 is 1.95. The summed E-state index contributed by atoms with van der Waals surface area (Å²) in [6, 6.07) is 17.1. The number of nitrogens with one attached hydrogen (secondary N) is 1. The van der Waals surface area contributed by atoms with Crippen LogP contribution in [0.5, 0.6) is 0 Å². The number of nitrogen functional groups attached to an aromatic ring is 1. The van der Waals surface area contributed by atoms with E-state index in [1.54, 1.807) is 0 Å². The first kappa shape index (κ1) is 16.8. The molecule has 0 spiro atoms. The maximum atomic E-state index is 6.36. The summed E-state index contributed by atoms with van der Waals surface area (Å²) in [6.07, 6.45) is 6.03. The van der Waals surface area contributed by atoms with Gasteiger partial charge in [0.2, 0.25) is 0 Å². The highest BCUT2D eigenvalue weighted by Crippen LogP contribution is 2.40. The molecule has 5 heteroatoms. The van der Waals surface area contributed by atoms with Crippen LogP contribution in [0.2, 0.25) is 0 Å². The first-order valence-corrected chi connectivity index (χ1v) is 9.66. The molecule has 4 aromatic rings. The van der Waals surface area contributed by atoms with Crippen molar-refractivity contribution in [3.8, 4) is 0 Å². The number of aromatic nitrogens is 3. The van der Waals surface area contributed by atoms with Gasteiger partial charge in [0.15, 0.2) is 0 Å². The Morgan fingerprint density at radius 1 is 1.14 bits per heavy atom. The zero-order chi connectivity index (χ0) is 19.1. The van der Waals surface area contributed by atoms with Gasteiger partial charge < -0.3 is 15.6 Å². The highest BCUT2D eigenvalue weighted by Gasteiger charge is 2.25. The molecular formula is C23H23N5. The molecule has 0 amide bonds. The number of hydrogen-bond acceptors (Lipinski definition) is 4. The molecule has 0 radical (unpaired) electrons. The van der Waals surface area contributed by atoms with Crippen LogP contribution in [0.15, 0.2) is 61.1 Å². The molecule has 1 aliphatic rings. The molecule has 0 saturated heterocycles. The van der Waals surface area contributed by atoms with Crippen LogP contribution in [-0.2, 0) is 20.0 Å². The van der Waals surface area contributed by atoms with E-state index in [1.807, 2.05) is 36.3 Å². The summed E-state index contributed by atoms with van der Waals surface area (Å²) in [4.78, 5) is 9.05. The van der Waals surface area contributed by atoms with Crippen LogP contribution in [0, 0.1) is 0 Å². The predicted molar refractivity (Wildman–Crippen MR) is 113 cm³/mol. The van der Waals surface area contributed by atoms with E-state index in [2.05, 4.69) is 46.7 Å². The van der Waals surface area contributed by atoms with E-state index in [0.29, 0.717) is 18.3 Å². The highest BCUT2D eigenvalue weighted by atomic mass is 15.0. The topological polar surface area (TPSA) is 68.8 Å². The average molecular weight is 369 g/mol. The van der Waals surface area contributed by atoms with Crippen LogP contribution in [0.25, 0.3) is 10.9 Å². The molecule has 140 valence electrons. The Morgan fingerprint density at radius 2 is 2.04 bits per heavy atom. The third-order valence-corrected chi connectivity index (χ3v) is 5.62. The molecule has 0 aliphatic heterocycles. The molecular weight excluding hydrogens is 346 g/mol. The molecule has 0 fully saturated rings. The monoisotopic (exact) mass is 369 g/mol. The second-order valence-corrected chi connectivity index (χ2v) is 7.54. The zero-order valence-corrected chi connectivity index (χ0v) is 15.9. The molecule has 2 heterocycles. The minimum Gasteiger partial charge on any atom is -0.383 e. The van der Waals surface area contributed by atoms with Crippen molar-refractivity contribution in [2.24, 2.45) is 7.05 Å². The van der Waals surface area contributed by atoms with E-state index >= 15 is 0 Å². The lowest BCUT2D eigenvalue weighted by Gasteiger charge is -2.16. The fraction of sp³-hybridized carbons (Fsp3) is 0.217. The molecule has 2 aromatic heterocycles. The molecule has 3 N–H and O–H groups in total. The van der Waals surface area contributed by atoms with Gasteiger partial charge in [-0.25, -0.2) is 9.97 Å². The van der Waals surface area contributed by atoms with E-state index in [4.69, 9.17) is 10.7 Å². The summed E-state index contributed by atoms with van der Waals surface area (Å²) >= 11 is 0. The minimum atomic E-state index is 0.332. The molecule has 0 bridgehead atoms. The van der Waals surface area contributed by atoms with Crippen molar-refractivity contribution in [2.45, 2.75) is 25.3 Å². The van der Waals surface area contributed by atoms with E-state index in [1.165, 1.54) is 11.1 Å². The lowest BCUT2D eigenvalue weighted by Crippen LogP contribution is -2.04. The zero-order valence-electron chi connectivity index (χ0n) is 15.9. The van der Waals surface area contributed by atoms with E-state index in [0.717, 1.165) is 40.7 Å². The first-order chi connectivity index (χ1) is 13.7. The Morgan fingerprint density at radius 3 is 2.89 bits per heavy atom. The van der Waals surface area contributed by atoms with Crippen LogP contribution in [0.4, 0.5) is 11.5 Å². The third kappa shape index (κ3) is 2.99. The molecule has 0 saturated carbocycles. The summed E-state index contributed by atoms with van der Waals surface area (Å²) in [7, 11) is 1.98. The summed E-state index contributed by atoms with van der Waals surface area (Å²) in [5, 5.41) is 4.56. The van der Waals surface area contributed by atoms with Crippen molar-refractivity contribution in [3.05, 3.63) is 83.4 Å². The van der Waals surface area contributed by atoms with Gasteiger partial charge in [-0.15, -0.1) is 0 Å². The molecule has 1 aliphatic carbocycles.